The summed E-state index contributed by atoms with van der Waals surface area (Å²) in [7, 11) is 1.66. The van der Waals surface area contributed by atoms with E-state index in [0.717, 1.165) is 42.0 Å². The number of pyridine rings is 1. The number of carbonyl (C=O) groups excluding carboxylic acids is 1. The lowest BCUT2D eigenvalue weighted by atomic mass is 9.97. The van der Waals surface area contributed by atoms with E-state index in [1.165, 1.54) is 0 Å². The van der Waals surface area contributed by atoms with Gasteiger partial charge in [0, 0.05) is 25.7 Å². The van der Waals surface area contributed by atoms with Crippen LogP contribution in [-0.4, -0.2) is 41.0 Å². The van der Waals surface area contributed by atoms with Gasteiger partial charge in [-0.2, -0.15) is 0 Å². The van der Waals surface area contributed by atoms with Gasteiger partial charge in [0.1, 0.15) is 17.2 Å². The van der Waals surface area contributed by atoms with Crippen molar-refractivity contribution >= 4 is 5.91 Å². The molecule has 0 aliphatic carbocycles. The molecule has 0 radical (unpaired) electrons. The summed E-state index contributed by atoms with van der Waals surface area (Å²) in [5.41, 5.74) is 2.54. The molecule has 0 bridgehead atoms. The smallest absolute Gasteiger partial charge is 0.272 e. The first-order chi connectivity index (χ1) is 14.1. The first-order valence-electron chi connectivity index (χ1n) is 9.92. The Morgan fingerprint density at radius 2 is 2.17 bits per heavy atom. The van der Waals surface area contributed by atoms with Gasteiger partial charge in [0.05, 0.1) is 19.2 Å². The van der Waals surface area contributed by atoms with Crippen LogP contribution >= 0.6 is 0 Å². The summed E-state index contributed by atoms with van der Waals surface area (Å²) < 4.78 is 11.3. The van der Waals surface area contributed by atoms with E-state index in [-0.39, 0.29) is 11.8 Å². The van der Waals surface area contributed by atoms with Gasteiger partial charge >= 0.3 is 0 Å². The van der Waals surface area contributed by atoms with Crippen LogP contribution in [-0.2, 0) is 6.42 Å². The largest absolute Gasteiger partial charge is 0.497 e. The number of aryl methyl sites for hydroxylation is 1. The maximum absolute atomic E-state index is 12.9. The summed E-state index contributed by atoms with van der Waals surface area (Å²) in [5.74, 6) is 2.44. The highest BCUT2D eigenvalue weighted by Gasteiger charge is 2.29. The van der Waals surface area contributed by atoms with Crippen LogP contribution in [0.1, 0.15) is 52.0 Å². The average Bonchev–Trinajstić information content (AvgIpc) is 3.22. The van der Waals surface area contributed by atoms with Crippen LogP contribution in [0.2, 0.25) is 0 Å². The van der Waals surface area contributed by atoms with Gasteiger partial charge in [0.25, 0.3) is 5.91 Å². The van der Waals surface area contributed by atoms with E-state index in [1.54, 1.807) is 19.5 Å². The van der Waals surface area contributed by atoms with Gasteiger partial charge in [-0.25, -0.2) is 4.98 Å². The number of amides is 1. The molecule has 29 heavy (non-hydrogen) atoms. The lowest BCUT2D eigenvalue weighted by Gasteiger charge is -2.31. The molecule has 1 aliphatic heterocycles. The van der Waals surface area contributed by atoms with Gasteiger partial charge in [-0.3, -0.25) is 9.78 Å². The number of piperidine rings is 1. The molecule has 1 unspecified atom stereocenters. The van der Waals surface area contributed by atoms with Gasteiger partial charge in [-0.15, -0.1) is 0 Å². The number of hydrogen-bond acceptors (Lipinski definition) is 5. The topological polar surface area (TPSA) is 68.5 Å². The van der Waals surface area contributed by atoms with Crippen molar-refractivity contribution in [1.29, 1.82) is 0 Å². The fourth-order valence-electron chi connectivity index (χ4n) is 3.80. The molecule has 1 atom stereocenters. The summed E-state index contributed by atoms with van der Waals surface area (Å²) in [6.45, 7) is 3.26. The molecule has 2 aromatic heterocycles. The fraction of sp³-hybridized carbons (Fsp3) is 0.348. The molecule has 0 N–H and O–H groups in total. The summed E-state index contributed by atoms with van der Waals surface area (Å²) in [5, 5.41) is 0. The molecular formula is C23H25N3O3. The highest BCUT2D eigenvalue weighted by Crippen LogP contribution is 2.28. The Labute approximate surface area is 170 Å². The van der Waals surface area contributed by atoms with Crippen LogP contribution in [0.4, 0.5) is 0 Å². The number of rotatable bonds is 5. The van der Waals surface area contributed by atoms with Crippen molar-refractivity contribution in [3.63, 3.8) is 0 Å². The average molecular weight is 391 g/mol. The van der Waals surface area contributed by atoms with Crippen molar-refractivity contribution in [3.05, 3.63) is 77.3 Å². The van der Waals surface area contributed by atoms with E-state index >= 15 is 0 Å². The number of benzene rings is 1. The third-order valence-corrected chi connectivity index (χ3v) is 5.35. The monoisotopic (exact) mass is 391 g/mol. The molecule has 0 spiro atoms. The number of methoxy groups -OCH3 is 1. The minimum Gasteiger partial charge on any atom is -0.497 e. The molecule has 1 aromatic carbocycles. The second-order valence-corrected chi connectivity index (χ2v) is 7.45. The van der Waals surface area contributed by atoms with Crippen molar-refractivity contribution in [1.82, 2.24) is 14.9 Å². The second-order valence-electron chi connectivity index (χ2n) is 7.45. The molecule has 6 nitrogen and oxygen atoms in total. The molecular weight excluding hydrogens is 366 g/mol. The predicted octanol–water partition coefficient (Wildman–Crippen LogP) is 4.00. The van der Waals surface area contributed by atoms with Gasteiger partial charge < -0.3 is 14.1 Å². The maximum atomic E-state index is 12.9. The van der Waals surface area contributed by atoms with E-state index in [2.05, 4.69) is 9.97 Å². The Kier molecular flexibility index (Phi) is 5.60. The fourth-order valence-corrected chi connectivity index (χ4v) is 3.80. The summed E-state index contributed by atoms with van der Waals surface area (Å²) in [4.78, 5) is 23.6. The van der Waals surface area contributed by atoms with E-state index in [0.29, 0.717) is 24.6 Å². The molecule has 3 heterocycles. The highest BCUT2D eigenvalue weighted by molar-refractivity contribution is 5.93. The lowest BCUT2D eigenvalue weighted by molar-refractivity contribution is 0.0691. The number of carbonyl (C=O) groups is 1. The van der Waals surface area contributed by atoms with Crippen LogP contribution in [0.15, 0.2) is 53.2 Å². The van der Waals surface area contributed by atoms with E-state index in [4.69, 9.17) is 9.15 Å². The van der Waals surface area contributed by atoms with Crippen molar-refractivity contribution in [3.8, 4) is 5.75 Å². The zero-order valence-electron chi connectivity index (χ0n) is 16.8. The Morgan fingerprint density at radius 1 is 1.28 bits per heavy atom. The number of hydrogen-bond donors (Lipinski definition) is 0. The molecule has 0 saturated carbocycles. The third kappa shape index (κ3) is 4.31. The van der Waals surface area contributed by atoms with Crippen LogP contribution in [0.3, 0.4) is 0 Å². The Balaban J connectivity index is 1.45. The standard InChI is InChI=1S/C23H25N3O3/c1-16-6-4-10-24-21(16)23(27)26-11-5-8-18(15-26)22-25-14-20(29-22)13-17-7-3-9-19(12-17)28-2/h3-4,6-7,9-10,12,14,18H,5,8,11,13,15H2,1-2H3. The summed E-state index contributed by atoms with van der Waals surface area (Å²) >= 11 is 0. The molecule has 1 saturated heterocycles. The number of aromatic nitrogens is 2. The zero-order chi connectivity index (χ0) is 20.2. The summed E-state index contributed by atoms with van der Waals surface area (Å²) in [6, 6.07) is 11.7. The minimum absolute atomic E-state index is 0.0176. The first-order valence-corrected chi connectivity index (χ1v) is 9.92. The van der Waals surface area contributed by atoms with Crippen LogP contribution < -0.4 is 4.74 Å². The number of nitrogens with zero attached hydrogens (tertiary/aromatic N) is 3. The Bertz CT molecular complexity index is 998. The van der Waals surface area contributed by atoms with Crippen molar-refractivity contribution in [2.45, 2.75) is 32.1 Å². The van der Waals surface area contributed by atoms with Gasteiger partial charge in [-0.05, 0) is 49.1 Å². The molecule has 1 aliphatic rings. The molecule has 1 amide bonds. The number of likely N-dealkylation sites (tertiary alicyclic amines) is 1. The second kappa shape index (κ2) is 8.47. The lowest BCUT2D eigenvalue weighted by Crippen LogP contribution is -2.39. The molecule has 4 rings (SSSR count). The van der Waals surface area contributed by atoms with Crippen LogP contribution in [0.5, 0.6) is 5.75 Å². The predicted molar refractivity (Wildman–Crippen MR) is 109 cm³/mol. The van der Waals surface area contributed by atoms with Gasteiger partial charge in [0.2, 0.25) is 0 Å². The number of ether oxygens (including phenoxy) is 1. The SMILES string of the molecule is COc1cccc(Cc2cnc(C3CCCN(C(=O)c4ncccc4C)C3)o2)c1. The maximum Gasteiger partial charge on any atom is 0.272 e. The van der Waals surface area contributed by atoms with Crippen molar-refractivity contribution < 1.29 is 13.9 Å². The molecule has 1 fully saturated rings. The zero-order valence-corrected chi connectivity index (χ0v) is 16.8. The number of oxazole rings is 1. The quantitative estimate of drug-likeness (QED) is 0.658. The Morgan fingerprint density at radius 3 is 3.00 bits per heavy atom. The normalized spacial score (nSPS) is 16.6. The van der Waals surface area contributed by atoms with E-state index in [9.17, 15) is 4.79 Å². The van der Waals surface area contributed by atoms with E-state index in [1.807, 2.05) is 48.2 Å². The first kappa shape index (κ1) is 19.2. The minimum atomic E-state index is -0.0176. The molecule has 3 aromatic rings. The molecule has 150 valence electrons. The molecule has 6 heteroatoms. The van der Waals surface area contributed by atoms with Gasteiger partial charge in [-0.1, -0.05) is 18.2 Å². The third-order valence-electron chi connectivity index (χ3n) is 5.35. The van der Waals surface area contributed by atoms with Gasteiger partial charge in [0.15, 0.2) is 5.89 Å². The van der Waals surface area contributed by atoms with Crippen LogP contribution in [0, 0.1) is 6.92 Å². The Hall–Kier alpha value is -3.15. The van der Waals surface area contributed by atoms with E-state index < -0.39 is 0 Å². The van der Waals surface area contributed by atoms with Crippen molar-refractivity contribution in [2.75, 3.05) is 20.2 Å². The summed E-state index contributed by atoms with van der Waals surface area (Å²) in [6.07, 6.45) is 6.01. The van der Waals surface area contributed by atoms with Crippen molar-refractivity contribution in [2.24, 2.45) is 0 Å². The van der Waals surface area contributed by atoms with Crippen LogP contribution in [0.25, 0.3) is 0 Å². The highest BCUT2D eigenvalue weighted by atomic mass is 16.5.